The summed E-state index contributed by atoms with van der Waals surface area (Å²) in [5, 5.41) is 13.2. The molecule has 3 aromatic rings. The van der Waals surface area contributed by atoms with Gasteiger partial charge in [-0.2, -0.15) is 0 Å². The van der Waals surface area contributed by atoms with Gasteiger partial charge < -0.3 is 10.4 Å². The zero-order valence-corrected chi connectivity index (χ0v) is 20.1. The van der Waals surface area contributed by atoms with Gasteiger partial charge in [0.15, 0.2) is 11.6 Å². The zero-order valence-electron chi connectivity index (χ0n) is 17.7. The van der Waals surface area contributed by atoms with Crippen molar-refractivity contribution in [3.05, 3.63) is 75.0 Å². The molecule has 1 aliphatic rings. The Hall–Kier alpha value is -3.48. The predicted molar refractivity (Wildman–Crippen MR) is 134 cm³/mol. The molecular formula is C23H15F2N3O4S3. The first-order valence-electron chi connectivity index (χ1n) is 10.00. The standard InChI is InChI=1S/C23H15F2N3O4S3/c24-16-3-1-12(8-17(16)25)14-7-15(34-11-14)9-18-21(30)28(23(33)35-18)6-5-20(29)27-19-4-2-13(10-26-19)22(31)32/h1-4,7-11H,5-6H2,(H,31,32)(H,26,27,29). The molecule has 1 aliphatic heterocycles. The number of thioether (sulfide) groups is 1. The van der Waals surface area contributed by atoms with Gasteiger partial charge in [-0.1, -0.05) is 30.0 Å². The minimum absolute atomic E-state index is 0.00459. The van der Waals surface area contributed by atoms with Crippen molar-refractivity contribution in [3.8, 4) is 11.1 Å². The van der Waals surface area contributed by atoms with Crippen molar-refractivity contribution >= 4 is 69.3 Å². The molecule has 0 radical (unpaired) electrons. The number of aromatic nitrogens is 1. The van der Waals surface area contributed by atoms with Crippen LogP contribution >= 0.6 is 35.3 Å². The fourth-order valence-corrected chi connectivity index (χ4v) is 5.31. The molecule has 1 fully saturated rings. The van der Waals surface area contributed by atoms with Gasteiger partial charge in [0.05, 0.1) is 10.5 Å². The second-order valence-electron chi connectivity index (χ2n) is 7.24. The Morgan fingerprint density at radius 2 is 1.94 bits per heavy atom. The van der Waals surface area contributed by atoms with Gasteiger partial charge in [0, 0.05) is 24.0 Å². The number of anilines is 1. The van der Waals surface area contributed by atoms with Crippen LogP contribution in [0.1, 0.15) is 21.7 Å². The predicted octanol–water partition coefficient (Wildman–Crippen LogP) is 5.02. The van der Waals surface area contributed by atoms with E-state index in [2.05, 4.69) is 10.3 Å². The van der Waals surface area contributed by atoms with E-state index in [1.165, 1.54) is 34.4 Å². The van der Waals surface area contributed by atoms with Crippen LogP contribution < -0.4 is 5.32 Å². The summed E-state index contributed by atoms with van der Waals surface area (Å²) in [7, 11) is 0. The molecule has 0 bridgehead atoms. The third-order valence-corrected chi connectivity index (χ3v) is 7.12. The molecule has 0 atom stereocenters. The van der Waals surface area contributed by atoms with Gasteiger partial charge in [0.25, 0.3) is 5.91 Å². The number of carbonyl (C=O) groups is 3. The summed E-state index contributed by atoms with van der Waals surface area (Å²) in [6.07, 6.45) is 2.76. The van der Waals surface area contributed by atoms with Crippen LogP contribution in [-0.2, 0) is 9.59 Å². The third-order valence-electron chi connectivity index (χ3n) is 4.86. The van der Waals surface area contributed by atoms with Crippen molar-refractivity contribution in [2.75, 3.05) is 11.9 Å². The largest absolute Gasteiger partial charge is 0.478 e. The monoisotopic (exact) mass is 531 g/mol. The topological polar surface area (TPSA) is 99.6 Å². The average Bonchev–Trinajstić information content (AvgIpc) is 3.39. The number of thiophene rings is 1. The van der Waals surface area contributed by atoms with E-state index in [0.717, 1.165) is 35.0 Å². The molecule has 7 nitrogen and oxygen atoms in total. The molecule has 0 aliphatic carbocycles. The molecular weight excluding hydrogens is 516 g/mol. The number of carbonyl (C=O) groups excluding carboxylic acids is 2. The van der Waals surface area contributed by atoms with E-state index in [-0.39, 0.29) is 30.3 Å². The highest BCUT2D eigenvalue weighted by atomic mass is 32.2. The Bertz CT molecular complexity index is 1370. The Kier molecular flexibility index (Phi) is 7.34. The molecule has 0 saturated carbocycles. The lowest BCUT2D eigenvalue weighted by Gasteiger charge is -2.14. The molecule has 1 aromatic carbocycles. The van der Waals surface area contributed by atoms with Crippen LogP contribution in [0.15, 0.2) is 52.9 Å². The van der Waals surface area contributed by atoms with Crippen LogP contribution in [0, 0.1) is 11.6 Å². The van der Waals surface area contributed by atoms with Crippen LogP contribution in [-0.4, -0.2) is 43.6 Å². The number of rotatable bonds is 7. The van der Waals surface area contributed by atoms with Crippen molar-refractivity contribution in [1.82, 2.24) is 9.88 Å². The van der Waals surface area contributed by atoms with Gasteiger partial charge in [-0.15, -0.1) is 11.3 Å². The first kappa shape index (κ1) is 24.6. The number of thiocarbonyl (C=S) groups is 1. The highest BCUT2D eigenvalue weighted by Crippen LogP contribution is 2.35. The maximum absolute atomic E-state index is 13.5. The SMILES string of the molecule is O=C(CCN1C(=O)C(=Cc2cc(-c3ccc(F)c(F)c3)cs2)SC1=S)Nc1ccc(C(=O)O)cn1. The number of aromatic carboxylic acids is 1. The van der Waals surface area contributed by atoms with E-state index in [4.69, 9.17) is 17.3 Å². The van der Waals surface area contributed by atoms with Crippen molar-refractivity contribution < 1.29 is 28.3 Å². The van der Waals surface area contributed by atoms with Crippen LogP contribution in [0.2, 0.25) is 0 Å². The third kappa shape index (κ3) is 5.78. The van der Waals surface area contributed by atoms with Gasteiger partial charge in [0.2, 0.25) is 5.91 Å². The van der Waals surface area contributed by atoms with Crippen molar-refractivity contribution in [2.24, 2.45) is 0 Å². The van der Waals surface area contributed by atoms with Crippen molar-refractivity contribution in [3.63, 3.8) is 0 Å². The number of carboxylic acid groups (broad SMARTS) is 1. The molecule has 4 rings (SSSR count). The first-order valence-corrected chi connectivity index (χ1v) is 12.1. The second-order valence-corrected chi connectivity index (χ2v) is 9.85. The minimum atomic E-state index is -1.12. The van der Waals surface area contributed by atoms with E-state index in [0.29, 0.717) is 20.4 Å². The summed E-state index contributed by atoms with van der Waals surface area (Å²) in [6, 6.07) is 8.11. The Morgan fingerprint density at radius 1 is 1.14 bits per heavy atom. The zero-order chi connectivity index (χ0) is 25.1. The van der Waals surface area contributed by atoms with E-state index in [1.807, 2.05) is 0 Å². The van der Waals surface area contributed by atoms with Crippen molar-refractivity contribution in [2.45, 2.75) is 6.42 Å². The van der Waals surface area contributed by atoms with Gasteiger partial charge in [-0.25, -0.2) is 18.6 Å². The molecule has 3 heterocycles. The number of hydrogen-bond acceptors (Lipinski definition) is 7. The number of nitrogens with one attached hydrogen (secondary N) is 1. The van der Waals surface area contributed by atoms with Gasteiger partial charge >= 0.3 is 5.97 Å². The molecule has 178 valence electrons. The van der Waals surface area contributed by atoms with Gasteiger partial charge in [-0.3, -0.25) is 14.5 Å². The molecule has 2 aromatic heterocycles. The number of hydrogen-bond donors (Lipinski definition) is 2. The summed E-state index contributed by atoms with van der Waals surface area (Å²) >= 11 is 7.75. The van der Waals surface area contributed by atoms with Crippen LogP contribution in [0.4, 0.5) is 14.6 Å². The maximum Gasteiger partial charge on any atom is 0.337 e. The molecule has 0 spiro atoms. The van der Waals surface area contributed by atoms with E-state index in [9.17, 15) is 23.2 Å². The Morgan fingerprint density at radius 3 is 2.63 bits per heavy atom. The highest BCUT2D eigenvalue weighted by Gasteiger charge is 2.32. The van der Waals surface area contributed by atoms with Crippen LogP contribution in [0.25, 0.3) is 17.2 Å². The molecule has 0 unspecified atom stereocenters. The number of benzene rings is 1. The Balaban J connectivity index is 1.37. The minimum Gasteiger partial charge on any atom is -0.478 e. The normalized spacial score (nSPS) is 14.6. The first-order chi connectivity index (χ1) is 16.7. The number of nitrogens with zero attached hydrogens (tertiary/aromatic N) is 2. The Labute approximate surface area is 211 Å². The van der Waals surface area contributed by atoms with E-state index < -0.39 is 23.5 Å². The van der Waals surface area contributed by atoms with Gasteiger partial charge in [0.1, 0.15) is 10.1 Å². The van der Waals surface area contributed by atoms with E-state index in [1.54, 1.807) is 17.5 Å². The van der Waals surface area contributed by atoms with Gasteiger partial charge in [-0.05, 0) is 52.9 Å². The number of carboxylic acids is 1. The lowest BCUT2D eigenvalue weighted by atomic mass is 10.1. The fraction of sp³-hybridized carbons (Fsp3) is 0.0870. The van der Waals surface area contributed by atoms with Crippen LogP contribution in [0.5, 0.6) is 0 Å². The number of pyridine rings is 1. The average molecular weight is 532 g/mol. The van der Waals surface area contributed by atoms with E-state index >= 15 is 0 Å². The highest BCUT2D eigenvalue weighted by molar-refractivity contribution is 8.26. The quantitative estimate of drug-likeness (QED) is 0.326. The van der Waals surface area contributed by atoms with Crippen LogP contribution in [0.3, 0.4) is 0 Å². The summed E-state index contributed by atoms with van der Waals surface area (Å²) < 4.78 is 27.0. The number of halogens is 2. The lowest BCUT2D eigenvalue weighted by Crippen LogP contribution is -2.31. The summed E-state index contributed by atoms with van der Waals surface area (Å²) in [6.45, 7) is 0.0611. The summed E-state index contributed by atoms with van der Waals surface area (Å²) in [5.41, 5.74) is 1.21. The maximum atomic E-state index is 13.5. The lowest BCUT2D eigenvalue weighted by molar-refractivity contribution is -0.122. The molecule has 12 heteroatoms. The van der Waals surface area contributed by atoms with Crippen molar-refractivity contribution in [1.29, 1.82) is 0 Å². The number of amides is 2. The fourth-order valence-electron chi connectivity index (χ4n) is 3.09. The smallest absolute Gasteiger partial charge is 0.337 e. The molecule has 2 N–H and O–H groups in total. The molecule has 1 saturated heterocycles. The molecule has 2 amide bonds. The summed E-state index contributed by atoms with van der Waals surface area (Å²) in [5.74, 6) is -3.53. The second kappa shape index (κ2) is 10.4. The molecule has 35 heavy (non-hydrogen) atoms. The summed E-state index contributed by atoms with van der Waals surface area (Å²) in [4.78, 5) is 42.2.